The Hall–Kier alpha value is -1.36. The van der Waals surface area contributed by atoms with E-state index in [1.54, 1.807) is 0 Å². The Balaban J connectivity index is 2.41. The number of hydrogen-bond donors (Lipinski definition) is 2. The predicted octanol–water partition coefficient (Wildman–Crippen LogP) is 2.42. The molecular weight excluding hydrogens is 248 g/mol. The van der Waals surface area contributed by atoms with Gasteiger partial charge >= 0.3 is 0 Å². The molecule has 18 heavy (non-hydrogen) atoms. The van der Waals surface area contributed by atoms with Crippen LogP contribution in [0.3, 0.4) is 0 Å². The number of rotatable bonds is 4. The van der Waals surface area contributed by atoms with Crippen LogP contribution in [0.4, 0.5) is 0 Å². The summed E-state index contributed by atoms with van der Waals surface area (Å²) in [5.74, 6) is 5.68. The molecule has 0 amide bonds. The Kier molecular flexibility index (Phi) is 4.01. The molecule has 5 heteroatoms. The number of nitrogens with one attached hydrogen (secondary N) is 1. The first-order chi connectivity index (χ1) is 8.65. The molecule has 0 spiro atoms. The molecule has 2 aromatic rings. The molecule has 3 N–H and O–H groups in total. The molecule has 96 valence electrons. The Morgan fingerprint density at radius 3 is 2.89 bits per heavy atom. The summed E-state index contributed by atoms with van der Waals surface area (Å²) in [5, 5.41) is 4.98. The highest BCUT2D eigenvalue weighted by Crippen LogP contribution is 2.26. The van der Waals surface area contributed by atoms with Gasteiger partial charge in [-0.3, -0.25) is 10.5 Å². The van der Waals surface area contributed by atoms with Crippen LogP contribution in [0.5, 0.6) is 0 Å². The molecule has 0 fully saturated rings. The molecule has 2 rings (SSSR count). The second kappa shape index (κ2) is 5.52. The van der Waals surface area contributed by atoms with Crippen LogP contribution in [0.1, 0.15) is 29.7 Å². The van der Waals surface area contributed by atoms with Crippen molar-refractivity contribution in [3.05, 3.63) is 52.3 Å². The van der Waals surface area contributed by atoms with E-state index in [1.807, 2.05) is 49.1 Å². The van der Waals surface area contributed by atoms with Gasteiger partial charge in [0.2, 0.25) is 0 Å². The number of hydrazine groups is 1. The molecule has 0 saturated carbocycles. The number of hydrogen-bond acceptors (Lipinski definition) is 3. The smallest absolute Gasteiger partial charge is 0.0743 e. The molecule has 1 aromatic heterocycles. The minimum Gasteiger partial charge on any atom is -0.273 e. The Bertz CT molecular complexity index is 536. The molecule has 0 aliphatic heterocycles. The average molecular weight is 265 g/mol. The lowest BCUT2D eigenvalue weighted by Crippen LogP contribution is -2.29. The van der Waals surface area contributed by atoms with Crippen molar-refractivity contribution < 1.29 is 0 Å². The van der Waals surface area contributed by atoms with E-state index >= 15 is 0 Å². The van der Waals surface area contributed by atoms with Gasteiger partial charge in [0, 0.05) is 23.3 Å². The minimum absolute atomic E-state index is 0.0935. The summed E-state index contributed by atoms with van der Waals surface area (Å²) in [6.07, 6.45) is 3.82. The maximum absolute atomic E-state index is 6.05. The van der Waals surface area contributed by atoms with Gasteiger partial charge in [0.15, 0.2) is 0 Å². The zero-order valence-electron chi connectivity index (χ0n) is 10.5. The number of aryl methyl sites for hydroxylation is 2. The maximum atomic E-state index is 6.05. The summed E-state index contributed by atoms with van der Waals surface area (Å²) in [4.78, 5) is 0. The van der Waals surface area contributed by atoms with Crippen LogP contribution in [-0.4, -0.2) is 9.78 Å². The molecule has 0 saturated heterocycles. The first-order valence-electron chi connectivity index (χ1n) is 5.90. The first-order valence-corrected chi connectivity index (χ1v) is 6.28. The molecule has 1 unspecified atom stereocenters. The van der Waals surface area contributed by atoms with Crippen molar-refractivity contribution >= 4 is 11.6 Å². The highest BCUT2D eigenvalue weighted by Gasteiger charge is 2.16. The van der Waals surface area contributed by atoms with Crippen LogP contribution in [0.25, 0.3) is 0 Å². The molecule has 1 atom stereocenters. The summed E-state index contributed by atoms with van der Waals surface area (Å²) in [6.45, 7) is 4.93. The molecular formula is C13H17ClN4. The third kappa shape index (κ3) is 2.56. The maximum Gasteiger partial charge on any atom is 0.0743 e. The van der Waals surface area contributed by atoms with Crippen molar-refractivity contribution in [2.45, 2.75) is 26.4 Å². The molecule has 0 aliphatic rings. The Morgan fingerprint density at radius 2 is 2.28 bits per heavy atom. The third-order valence-electron chi connectivity index (χ3n) is 3.03. The zero-order valence-corrected chi connectivity index (χ0v) is 11.3. The zero-order chi connectivity index (χ0) is 13.1. The molecule has 1 heterocycles. The number of nitrogens with zero attached hydrogens (tertiary/aromatic N) is 2. The standard InChI is InChI=1S/C13H17ClN4/c1-3-18-8-10(7-16-18)13(17-15)12-6-11(14)5-4-9(12)2/h4-8,13,17H,3,15H2,1-2H3. The van der Waals surface area contributed by atoms with Gasteiger partial charge in [-0.1, -0.05) is 17.7 Å². The van der Waals surface area contributed by atoms with E-state index in [0.717, 1.165) is 23.2 Å². The van der Waals surface area contributed by atoms with E-state index in [0.29, 0.717) is 5.02 Å². The summed E-state index contributed by atoms with van der Waals surface area (Å²) < 4.78 is 1.87. The highest BCUT2D eigenvalue weighted by atomic mass is 35.5. The lowest BCUT2D eigenvalue weighted by atomic mass is 9.98. The van der Waals surface area contributed by atoms with Gasteiger partial charge in [-0.2, -0.15) is 5.10 Å². The van der Waals surface area contributed by atoms with Crippen molar-refractivity contribution in [2.24, 2.45) is 5.84 Å². The number of halogens is 1. The van der Waals surface area contributed by atoms with Gasteiger partial charge in [0.1, 0.15) is 0 Å². The largest absolute Gasteiger partial charge is 0.273 e. The van der Waals surface area contributed by atoms with Gasteiger partial charge in [0.25, 0.3) is 0 Å². The lowest BCUT2D eigenvalue weighted by molar-refractivity contribution is 0.627. The first kappa shape index (κ1) is 13.1. The minimum atomic E-state index is -0.0935. The van der Waals surface area contributed by atoms with Crippen LogP contribution < -0.4 is 11.3 Å². The molecule has 0 bridgehead atoms. The van der Waals surface area contributed by atoms with Crippen LogP contribution >= 0.6 is 11.6 Å². The van der Waals surface area contributed by atoms with Gasteiger partial charge in [-0.15, -0.1) is 0 Å². The van der Waals surface area contributed by atoms with Crippen molar-refractivity contribution in [1.82, 2.24) is 15.2 Å². The van der Waals surface area contributed by atoms with E-state index in [4.69, 9.17) is 17.4 Å². The summed E-state index contributed by atoms with van der Waals surface area (Å²) in [6, 6.07) is 5.71. The predicted molar refractivity (Wildman–Crippen MR) is 73.3 cm³/mol. The molecule has 0 aliphatic carbocycles. The molecule has 4 nitrogen and oxygen atoms in total. The van der Waals surface area contributed by atoms with Gasteiger partial charge in [0.05, 0.1) is 12.2 Å². The van der Waals surface area contributed by atoms with E-state index in [2.05, 4.69) is 10.5 Å². The second-order valence-electron chi connectivity index (χ2n) is 4.23. The quantitative estimate of drug-likeness (QED) is 0.659. The lowest BCUT2D eigenvalue weighted by Gasteiger charge is -2.17. The fourth-order valence-electron chi connectivity index (χ4n) is 1.99. The van der Waals surface area contributed by atoms with Crippen molar-refractivity contribution in [2.75, 3.05) is 0 Å². The number of aromatic nitrogens is 2. The fourth-order valence-corrected chi connectivity index (χ4v) is 2.17. The monoisotopic (exact) mass is 264 g/mol. The van der Waals surface area contributed by atoms with Crippen molar-refractivity contribution in [3.8, 4) is 0 Å². The van der Waals surface area contributed by atoms with E-state index in [9.17, 15) is 0 Å². The highest BCUT2D eigenvalue weighted by molar-refractivity contribution is 6.30. The fraction of sp³-hybridized carbons (Fsp3) is 0.308. The summed E-state index contributed by atoms with van der Waals surface area (Å²) in [7, 11) is 0. The number of nitrogens with two attached hydrogens (primary N) is 1. The number of benzene rings is 1. The van der Waals surface area contributed by atoms with E-state index < -0.39 is 0 Å². The normalized spacial score (nSPS) is 12.7. The van der Waals surface area contributed by atoms with E-state index in [1.165, 1.54) is 0 Å². The van der Waals surface area contributed by atoms with Gasteiger partial charge in [-0.25, -0.2) is 5.43 Å². The van der Waals surface area contributed by atoms with Crippen LogP contribution in [0.15, 0.2) is 30.6 Å². The third-order valence-corrected chi connectivity index (χ3v) is 3.26. The summed E-state index contributed by atoms with van der Waals surface area (Å²) in [5.41, 5.74) is 6.08. The molecule has 0 radical (unpaired) electrons. The molecule has 1 aromatic carbocycles. The van der Waals surface area contributed by atoms with Crippen LogP contribution in [-0.2, 0) is 6.54 Å². The van der Waals surface area contributed by atoms with Crippen molar-refractivity contribution in [1.29, 1.82) is 0 Å². The van der Waals surface area contributed by atoms with E-state index in [-0.39, 0.29) is 6.04 Å². The SMILES string of the molecule is CCn1cc(C(NN)c2cc(Cl)ccc2C)cn1. The van der Waals surface area contributed by atoms with Gasteiger partial charge in [-0.05, 0) is 37.1 Å². The Labute approximate surface area is 112 Å². The van der Waals surface area contributed by atoms with Crippen molar-refractivity contribution in [3.63, 3.8) is 0 Å². The van der Waals surface area contributed by atoms with Gasteiger partial charge < -0.3 is 0 Å². The average Bonchev–Trinajstić information content (AvgIpc) is 2.83. The summed E-state index contributed by atoms with van der Waals surface area (Å²) >= 11 is 6.05. The Morgan fingerprint density at radius 1 is 1.50 bits per heavy atom. The van der Waals surface area contributed by atoms with Crippen LogP contribution in [0.2, 0.25) is 5.02 Å². The second-order valence-corrected chi connectivity index (χ2v) is 4.67. The topological polar surface area (TPSA) is 55.9 Å². The van der Waals surface area contributed by atoms with Crippen LogP contribution in [0, 0.1) is 6.92 Å².